The molecule has 1 fully saturated rings. The van der Waals surface area contributed by atoms with E-state index >= 15 is 0 Å². The maximum Gasteiger partial charge on any atom is 0.234 e. The maximum atomic E-state index is 12.0. The second kappa shape index (κ2) is 9.04. The molecule has 2 rings (SSSR count). The summed E-state index contributed by atoms with van der Waals surface area (Å²) in [7, 11) is 0. The van der Waals surface area contributed by atoms with Crippen molar-refractivity contribution in [2.75, 3.05) is 19.7 Å². The van der Waals surface area contributed by atoms with Crippen molar-refractivity contribution < 1.29 is 9.53 Å². The van der Waals surface area contributed by atoms with Gasteiger partial charge >= 0.3 is 0 Å². The van der Waals surface area contributed by atoms with Crippen LogP contribution in [0.5, 0.6) is 0 Å². The molecule has 0 aromatic heterocycles. The molecule has 4 heteroatoms. The molecule has 1 aliphatic rings. The molecule has 1 aliphatic heterocycles. The quantitative estimate of drug-likeness (QED) is 0.775. The topological polar surface area (TPSA) is 50.4 Å². The van der Waals surface area contributed by atoms with Crippen LogP contribution in [0.3, 0.4) is 0 Å². The number of ether oxygens (including phenoxy) is 1. The number of benzene rings is 1. The molecule has 0 spiro atoms. The minimum absolute atomic E-state index is 0.0279. The molecule has 1 saturated heterocycles. The fourth-order valence-electron chi connectivity index (χ4n) is 2.94. The van der Waals surface area contributed by atoms with Gasteiger partial charge in [-0.3, -0.25) is 4.79 Å². The van der Waals surface area contributed by atoms with E-state index in [0.717, 1.165) is 38.0 Å². The summed E-state index contributed by atoms with van der Waals surface area (Å²) in [5.41, 5.74) is 2.49. The van der Waals surface area contributed by atoms with Crippen LogP contribution >= 0.6 is 0 Å². The minimum Gasteiger partial charge on any atom is -0.377 e. The van der Waals surface area contributed by atoms with Crippen molar-refractivity contribution in [1.29, 1.82) is 0 Å². The Morgan fingerprint density at radius 2 is 2.00 bits per heavy atom. The average Bonchev–Trinajstić information content (AvgIpc) is 3.00. The van der Waals surface area contributed by atoms with Crippen LogP contribution in [-0.4, -0.2) is 31.7 Å². The van der Waals surface area contributed by atoms with E-state index in [1.807, 2.05) is 6.92 Å². The molecular formula is C19H30N2O2. The second-order valence-corrected chi connectivity index (χ2v) is 6.89. The highest BCUT2D eigenvalue weighted by Gasteiger charge is 2.15. The third-order valence-electron chi connectivity index (χ3n) is 4.18. The highest BCUT2D eigenvalue weighted by molar-refractivity contribution is 5.78. The summed E-state index contributed by atoms with van der Waals surface area (Å²) in [6.07, 6.45) is 3.58. The Hall–Kier alpha value is -1.39. The molecule has 2 N–H and O–H groups in total. The maximum absolute atomic E-state index is 12.0. The van der Waals surface area contributed by atoms with Gasteiger partial charge in [-0.15, -0.1) is 0 Å². The van der Waals surface area contributed by atoms with E-state index in [-0.39, 0.29) is 18.1 Å². The molecule has 23 heavy (non-hydrogen) atoms. The summed E-state index contributed by atoms with van der Waals surface area (Å²) in [5.74, 6) is 0.689. The molecule has 2 atom stereocenters. The Bertz CT molecular complexity index is 479. The number of carbonyl (C=O) groups is 1. The number of nitrogens with one attached hydrogen (secondary N) is 2. The molecule has 0 radical (unpaired) electrons. The van der Waals surface area contributed by atoms with Crippen molar-refractivity contribution >= 4 is 5.91 Å². The molecule has 0 bridgehead atoms. The Balaban J connectivity index is 1.71. The predicted molar refractivity (Wildman–Crippen MR) is 93.4 cm³/mol. The minimum atomic E-state index is 0.0279. The van der Waals surface area contributed by atoms with E-state index in [9.17, 15) is 4.79 Å². The molecule has 1 aromatic carbocycles. The Morgan fingerprint density at radius 3 is 2.61 bits per heavy atom. The van der Waals surface area contributed by atoms with Gasteiger partial charge in [0.15, 0.2) is 0 Å². The van der Waals surface area contributed by atoms with E-state index in [1.54, 1.807) is 0 Å². The number of rotatable bonds is 8. The first-order chi connectivity index (χ1) is 11.0. The van der Waals surface area contributed by atoms with Crippen molar-refractivity contribution in [3.05, 3.63) is 35.4 Å². The number of hydrogen-bond acceptors (Lipinski definition) is 3. The number of hydrogen-bond donors (Lipinski definition) is 2. The fourth-order valence-corrected chi connectivity index (χ4v) is 2.94. The van der Waals surface area contributed by atoms with Gasteiger partial charge in [0.1, 0.15) is 0 Å². The van der Waals surface area contributed by atoms with Gasteiger partial charge in [-0.05, 0) is 43.2 Å². The zero-order valence-electron chi connectivity index (χ0n) is 14.6. The van der Waals surface area contributed by atoms with Crippen LogP contribution in [0.1, 0.15) is 50.8 Å². The first-order valence-electron chi connectivity index (χ1n) is 8.75. The van der Waals surface area contributed by atoms with Gasteiger partial charge in [0.25, 0.3) is 0 Å². The average molecular weight is 318 g/mol. The van der Waals surface area contributed by atoms with Gasteiger partial charge in [0.05, 0.1) is 18.7 Å². The van der Waals surface area contributed by atoms with Crippen molar-refractivity contribution in [3.63, 3.8) is 0 Å². The molecule has 0 aliphatic carbocycles. The van der Waals surface area contributed by atoms with Gasteiger partial charge in [-0.25, -0.2) is 0 Å². The van der Waals surface area contributed by atoms with Crippen LogP contribution in [0.25, 0.3) is 0 Å². The molecule has 128 valence electrons. The first kappa shape index (κ1) is 18.0. The Labute approximate surface area is 140 Å². The Morgan fingerprint density at radius 1 is 1.26 bits per heavy atom. The summed E-state index contributed by atoms with van der Waals surface area (Å²) in [4.78, 5) is 12.0. The molecular weight excluding hydrogens is 288 g/mol. The lowest BCUT2D eigenvalue weighted by Gasteiger charge is -2.16. The highest BCUT2D eigenvalue weighted by Crippen LogP contribution is 2.15. The molecule has 1 amide bonds. The van der Waals surface area contributed by atoms with E-state index in [2.05, 4.69) is 48.7 Å². The summed E-state index contributed by atoms with van der Waals surface area (Å²) >= 11 is 0. The second-order valence-electron chi connectivity index (χ2n) is 6.89. The third-order valence-corrected chi connectivity index (χ3v) is 4.18. The van der Waals surface area contributed by atoms with E-state index < -0.39 is 0 Å². The standard InChI is InChI=1S/C19H30N2O2/c1-14(2)11-16-6-8-17(9-7-16)15(3)21-19(22)13-20-12-18-5-4-10-23-18/h6-9,14-15,18,20H,4-5,10-13H2,1-3H3,(H,21,22). The zero-order valence-corrected chi connectivity index (χ0v) is 14.6. The first-order valence-corrected chi connectivity index (χ1v) is 8.75. The SMILES string of the molecule is CC(C)Cc1ccc(C(C)NC(=O)CNCC2CCCO2)cc1. The number of amides is 1. The highest BCUT2D eigenvalue weighted by atomic mass is 16.5. The van der Waals surface area contributed by atoms with Crippen molar-refractivity contribution in [2.45, 2.75) is 52.2 Å². The van der Waals surface area contributed by atoms with Crippen LogP contribution in [0, 0.1) is 5.92 Å². The fraction of sp³-hybridized carbons (Fsp3) is 0.632. The van der Waals surface area contributed by atoms with Crippen LogP contribution < -0.4 is 10.6 Å². The zero-order chi connectivity index (χ0) is 16.7. The molecule has 4 nitrogen and oxygen atoms in total. The van der Waals surface area contributed by atoms with Crippen LogP contribution in [0.2, 0.25) is 0 Å². The van der Waals surface area contributed by atoms with E-state index in [1.165, 1.54) is 5.56 Å². The lowest BCUT2D eigenvalue weighted by Crippen LogP contribution is -2.38. The van der Waals surface area contributed by atoms with Gasteiger partial charge in [0, 0.05) is 13.2 Å². The van der Waals surface area contributed by atoms with Gasteiger partial charge < -0.3 is 15.4 Å². The monoisotopic (exact) mass is 318 g/mol. The van der Waals surface area contributed by atoms with Crippen LogP contribution in [0.4, 0.5) is 0 Å². The summed E-state index contributed by atoms with van der Waals surface area (Å²) in [6, 6.07) is 8.58. The van der Waals surface area contributed by atoms with Crippen molar-refractivity contribution in [1.82, 2.24) is 10.6 Å². The number of carbonyl (C=O) groups excluding carboxylic acids is 1. The molecule has 1 heterocycles. The Kier molecular flexibility index (Phi) is 7.06. The smallest absolute Gasteiger partial charge is 0.234 e. The van der Waals surface area contributed by atoms with Gasteiger partial charge in [0.2, 0.25) is 5.91 Å². The van der Waals surface area contributed by atoms with E-state index in [4.69, 9.17) is 4.74 Å². The largest absolute Gasteiger partial charge is 0.377 e. The lowest BCUT2D eigenvalue weighted by molar-refractivity contribution is -0.120. The lowest BCUT2D eigenvalue weighted by atomic mass is 10.00. The normalized spacial score (nSPS) is 19.0. The molecule has 0 saturated carbocycles. The summed E-state index contributed by atoms with van der Waals surface area (Å²) in [5, 5.41) is 6.22. The van der Waals surface area contributed by atoms with Gasteiger partial charge in [-0.1, -0.05) is 38.1 Å². The summed E-state index contributed by atoms with van der Waals surface area (Å²) < 4.78 is 5.53. The van der Waals surface area contributed by atoms with Crippen LogP contribution in [-0.2, 0) is 16.0 Å². The predicted octanol–water partition coefficient (Wildman–Crippen LogP) is 2.83. The molecule has 2 unspecified atom stereocenters. The van der Waals surface area contributed by atoms with Crippen molar-refractivity contribution in [2.24, 2.45) is 5.92 Å². The van der Waals surface area contributed by atoms with Gasteiger partial charge in [-0.2, -0.15) is 0 Å². The molecule has 1 aromatic rings. The van der Waals surface area contributed by atoms with Crippen molar-refractivity contribution in [3.8, 4) is 0 Å². The van der Waals surface area contributed by atoms with Crippen LogP contribution in [0.15, 0.2) is 24.3 Å². The third kappa shape index (κ3) is 6.32. The van der Waals surface area contributed by atoms with E-state index in [0.29, 0.717) is 12.5 Å². The summed E-state index contributed by atoms with van der Waals surface area (Å²) in [6.45, 7) is 8.42.